The van der Waals surface area contributed by atoms with Gasteiger partial charge in [0.2, 0.25) is 0 Å². The molecule has 12 heavy (non-hydrogen) atoms. The van der Waals surface area contributed by atoms with Crippen LogP contribution in [0.3, 0.4) is 0 Å². The lowest BCUT2D eigenvalue weighted by Crippen LogP contribution is -1.80. The first-order chi connectivity index (χ1) is 5.81. The Kier molecular flexibility index (Phi) is 1.86. The Balaban J connectivity index is 2.71. The molecule has 0 saturated carbocycles. The number of nitrogens with one attached hydrogen (secondary N) is 1. The van der Waals surface area contributed by atoms with Crippen LogP contribution in [0.1, 0.15) is 5.56 Å². The van der Waals surface area contributed by atoms with Crippen LogP contribution in [0.15, 0.2) is 22.8 Å². The molecule has 0 fully saturated rings. The Labute approximate surface area is 77.5 Å². The minimum absolute atomic E-state index is 0.0631. The first-order valence-corrected chi connectivity index (χ1v) is 4.34. The first kappa shape index (κ1) is 7.76. The summed E-state index contributed by atoms with van der Waals surface area (Å²) in [5, 5.41) is 16.7. The topological polar surface area (TPSA) is 48.9 Å². The van der Waals surface area contributed by atoms with Gasteiger partial charge in [-0.3, -0.25) is 5.10 Å². The van der Waals surface area contributed by atoms with Crippen molar-refractivity contribution in [2.24, 2.45) is 0 Å². The molecule has 1 heterocycles. The van der Waals surface area contributed by atoms with Crippen molar-refractivity contribution in [3.63, 3.8) is 0 Å². The van der Waals surface area contributed by atoms with Gasteiger partial charge in [-0.15, -0.1) is 0 Å². The molecule has 0 aliphatic rings. The molecule has 0 spiro atoms. The predicted molar refractivity (Wildman–Crippen MR) is 49.7 cm³/mol. The van der Waals surface area contributed by atoms with Gasteiger partial charge < -0.3 is 5.11 Å². The summed E-state index contributed by atoms with van der Waals surface area (Å²) in [4.78, 5) is 0. The van der Waals surface area contributed by atoms with E-state index in [9.17, 15) is 0 Å². The summed E-state index contributed by atoms with van der Waals surface area (Å²) in [6, 6.07) is 5.64. The molecule has 0 amide bonds. The highest BCUT2D eigenvalue weighted by atomic mass is 79.9. The highest BCUT2D eigenvalue weighted by Gasteiger charge is 2.02. The quantitative estimate of drug-likeness (QED) is 0.780. The maximum atomic E-state index is 8.88. The Morgan fingerprint density at radius 2 is 2.33 bits per heavy atom. The molecule has 3 nitrogen and oxygen atoms in total. The van der Waals surface area contributed by atoms with E-state index in [-0.39, 0.29) is 6.61 Å². The van der Waals surface area contributed by atoms with Gasteiger partial charge in [-0.2, -0.15) is 5.10 Å². The number of aliphatic hydroxyl groups is 1. The molecule has 0 bridgehead atoms. The van der Waals surface area contributed by atoms with Crippen LogP contribution in [0, 0.1) is 0 Å². The van der Waals surface area contributed by atoms with E-state index >= 15 is 0 Å². The summed E-state index contributed by atoms with van der Waals surface area (Å²) in [7, 11) is 0. The third kappa shape index (κ3) is 1.13. The third-order valence-corrected chi connectivity index (χ3v) is 2.36. The zero-order valence-corrected chi connectivity index (χ0v) is 7.80. The minimum Gasteiger partial charge on any atom is -0.392 e. The lowest BCUT2D eigenvalue weighted by molar-refractivity contribution is 0.282. The number of fused-ring (bicyclic) bond motifs is 1. The van der Waals surface area contributed by atoms with Crippen molar-refractivity contribution in [1.82, 2.24) is 10.2 Å². The number of benzene rings is 1. The number of aromatic amines is 1. The molecule has 2 rings (SSSR count). The van der Waals surface area contributed by atoms with E-state index < -0.39 is 0 Å². The highest BCUT2D eigenvalue weighted by Crippen LogP contribution is 2.21. The summed E-state index contributed by atoms with van der Waals surface area (Å²) in [5.74, 6) is 0. The van der Waals surface area contributed by atoms with Crippen molar-refractivity contribution >= 4 is 26.8 Å². The molecule has 0 unspecified atom stereocenters. The fraction of sp³-hybridized carbons (Fsp3) is 0.125. The smallest absolute Gasteiger partial charge is 0.108 e. The second kappa shape index (κ2) is 2.88. The van der Waals surface area contributed by atoms with Gasteiger partial charge in [0.25, 0.3) is 0 Å². The van der Waals surface area contributed by atoms with Gasteiger partial charge in [-0.25, -0.2) is 0 Å². The van der Waals surface area contributed by atoms with Crippen LogP contribution >= 0.6 is 15.9 Å². The standard InChI is InChI=1S/C8H7BrN2O/c9-8-6-3-5(4-12)1-2-7(6)10-11-8/h1-3,12H,4H2,(H,10,11). The van der Waals surface area contributed by atoms with Gasteiger partial charge in [0.05, 0.1) is 12.1 Å². The van der Waals surface area contributed by atoms with E-state index in [0.717, 1.165) is 21.1 Å². The summed E-state index contributed by atoms with van der Waals surface area (Å²) >= 11 is 3.33. The molecule has 2 aromatic rings. The second-order valence-electron chi connectivity index (χ2n) is 2.55. The van der Waals surface area contributed by atoms with Crippen molar-refractivity contribution in [3.8, 4) is 0 Å². The van der Waals surface area contributed by atoms with Crippen LogP contribution in [0.25, 0.3) is 10.9 Å². The van der Waals surface area contributed by atoms with Gasteiger partial charge in [0.1, 0.15) is 4.60 Å². The molecule has 4 heteroatoms. The predicted octanol–water partition coefficient (Wildman–Crippen LogP) is 1.82. The molecular weight excluding hydrogens is 220 g/mol. The number of aliphatic hydroxyl groups excluding tert-OH is 1. The summed E-state index contributed by atoms with van der Waals surface area (Å²) in [6.07, 6.45) is 0. The number of aromatic nitrogens is 2. The Morgan fingerprint density at radius 3 is 3.08 bits per heavy atom. The van der Waals surface area contributed by atoms with E-state index in [4.69, 9.17) is 5.11 Å². The van der Waals surface area contributed by atoms with Crippen molar-refractivity contribution in [1.29, 1.82) is 0 Å². The minimum atomic E-state index is 0.0631. The molecule has 0 atom stereocenters. The van der Waals surface area contributed by atoms with Crippen LogP contribution in [-0.2, 0) is 6.61 Å². The average Bonchev–Trinajstić information content (AvgIpc) is 2.47. The largest absolute Gasteiger partial charge is 0.392 e. The number of H-pyrrole nitrogens is 1. The average molecular weight is 227 g/mol. The fourth-order valence-electron chi connectivity index (χ4n) is 1.12. The van der Waals surface area contributed by atoms with E-state index in [1.165, 1.54) is 0 Å². The van der Waals surface area contributed by atoms with Crippen LogP contribution in [0.2, 0.25) is 0 Å². The van der Waals surface area contributed by atoms with E-state index in [2.05, 4.69) is 26.1 Å². The number of hydrogen-bond donors (Lipinski definition) is 2. The molecule has 0 aliphatic carbocycles. The van der Waals surface area contributed by atoms with Gasteiger partial charge in [0.15, 0.2) is 0 Å². The van der Waals surface area contributed by atoms with Crippen LogP contribution in [-0.4, -0.2) is 15.3 Å². The van der Waals surface area contributed by atoms with Gasteiger partial charge in [-0.1, -0.05) is 6.07 Å². The molecule has 1 aromatic heterocycles. The Morgan fingerprint density at radius 1 is 1.50 bits per heavy atom. The van der Waals surface area contributed by atoms with E-state index in [1.807, 2.05) is 18.2 Å². The molecule has 0 radical (unpaired) electrons. The molecule has 2 N–H and O–H groups in total. The lowest BCUT2D eigenvalue weighted by Gasteiger charge is -1.94. The van der Waals surface area contributed by atoms with Gasteiger partial charge >= 0.3 is 0 Å². The lowest BCUT2D eigenvalue weighted by atomic mass is 10.2. The van der Waals surface area contributed by atoms with E-state index in [1.54, 1.807) is 0 Å². The molecule has 62 valence electrons. The number of hydrogen-bond acceptors (Lipinski definition) is 2. The SMILES string of the molecule is OCc1ccc2n[nH]c(Br)c2c1. The van der Waals surface area contributed by atoms with E-state index in [0.29, 0.717) is 0 Å². The maximum Gasteiger partial charge on any atom is 0.108 e. The molecule has 0 aliphatic heterocycles. The van der Waals surface area contributed by atoms with Crippen molar-refractivity contribution in [2.75, 3.05) is 0 Å². The zero-order chi connectivity index (χ0) is 8.55. The van der Waals surface area contributed by atoms with Crippen LogP contribution in [0.4, 0.5) is 0 Å². The monoisotopic (exact) mass is 226 g/mol. The Bertz CT molecular complexity index is 410. The Hall–Kier alpha value is -0.870. The summed E-state index contributed by atoms with van der Waals surface area (Å²) in [5.41, 5.74) is 1.80. The van der Waals surface area contributed by atoms with Gasteiger partial charge in [-0.05, 0) is 33.6 Å². The molecular formula is C8H7BrN2O. The first-order valence-electron chi connectivity index (χ1n) is 3.54. The van der Waals surface area contributed by atoms with Crippen molar-refractivity contribution < 1.29 is 5.11 Å². The number of nitrogens with zero attached hydrogens (tertiary/aromatic N) is 1. The zero-order valence-electron chi connectivity index (χ0n) is 6.21. The highest BCUT2D eigenvalue weighted by molar-refractivity contribution is 9.10. The van der Waals surface area contributed by atoms with Crippen molar-refractivity contribution in [3.05, 3.63) is 28.4 Å². The second-order valence-corrected chi connectivity index (χ2v) is 3.34. The normalized spacial score (nSPS) is 10.8. The molecule has 0 saturated heterocycles. The van der Waals surface area contributed by atoms with Crippen LogP contribution in [0.5, 0.6) is 0 Å². The fourth-order valence-corrected chi connectivity index (χ4v) is 1.53. The summed E-state index contributed by atoms with van der Waals surface area (Å²) in [6.45, 7) is 0.0631. The third-order valence-electron chi connectivity index (χ3n) is 1.75. The van der Waals surface area contributed by atoms with Crippen molar-refractivity contribution in [2.45, 2.75) is 6.61 Å². The maximum absolute atomic E-state index is 8.88. The van der Waals surface area contributed by atoms with Gasteiger partial charge in [0, 0.05) is 5.39 Å². The molecule has 1 aromatic carbocycles. The number of rotatable bonds is 1. The number of halogens is 1. The summed E-state index contributed by atoms with van der Waals surface area (Å²) < 4.78 is 0.854. The van der Waals surface area contributed by atoms with Crippen LogP contribution < -0.4 is 0 Å².